The second-order valence-electron chi connectivity index (χ2n) is 1.86. The first kappa shape index (κ1) is 4.15. The predicted molar refractivity (Wildman–Crippen MR) is 34.8 cm³/mol. The molecule has 1 fully saturated rings. The van der Waals surface area contributed by atoms with Crippen LogP contribution in [-0.4, -0.2) is 53.5 Å². The Morgan fingerprint density at radius 1 is 1.64 bits per heavy atom. The minimum Gasteiger partial charge on any atom is -0.394 e. The van der Waals surface area contributed by atoms with Crippen molar-refractivity contribution >= 4 is 0 Å². The quantitative estimate of drug-likeness (QED) is 0.448. The van der Waals surface area contributed by atoms with Gasteiger partial charge in [0, 0.05) is 7.11 Å². The molecule has 4 atom stereocenters. The Morgan fingerprint density at radius 3 is 2.55 bits per heavy atom. The van der Waals surface area contributed by atoms with Gasteiger partial charge < -0.3 is 24.8 Å². The van der Waals surface area contributed by atoms with Crippen LogP contribution in [0.2, 0.25) is 0 Å². The number of methoxy groups -OCH3 is 1. The summed E-state index contributed by atoms with van der Waals surface area (Å²) in [5, 5.41) is 28.0. The lowest BCUT2D eigenvalue weighted by Crippen LogP contribution is -2.34. The molecule has 1 heterocycles. The number of ether oxygens (including phenoxy) is 2. The molecule has 0 radical (unpaired) electrons. The summed E-state index contributed by atoms with van der Waals surface area (Å²) in [6, 6.07) is 0. The van der Waals surface area contributed by atoms with E-state index in [1.807, 2.05) is 0 Å². The topological polar surface area (TPSA) is 79.2 Å². The minimum atomic E-state index is -3.47. The maximum atomic E-state index is 9.52. The third kappa shape index (κ3) is 1.52. The van der Waals surface area contributed by atoms with Crippen molar-refractivity contribution in [2.45, 2.75) is 24.5 Å². The summed E-state index contributed by atoms with van der Waals surface area (Å²) in [5.74, 6) is 0. The molecule has 1 saturated heterocycles. The summed E-state index contributed by atoms with van der Waals surface area (Å²) >= 11 is 0. The lowest BCUT2D eigenvalue weighted by atomic mass is 10.1. The highest BCUT2D eigenvalue weighted by Crippen LogP contribution is 2.20. The van der Waals surface area contributed by atoms with E-state index in [-0.39, 0.29) is 0 Å². The van der Waals surface area contributed by atoms with Crippen molar-refractivity contribution in [2.24, 2.45) is 0 Å². The fraction of sp³-hybridized carbons (Fsp3) is 1.00. The molecule has 0 spiro atoms. The Morgan fingerprint density at radius 2 is 2.27 bits per heavy atom. The van der Waals surface area contributed by atoms with Gasteiger partial charge in [0.15, 0.2) is 6.29 Å². The van der Waals surface area contributed by atoms with Gasteiger partial charge in [0.2, 0.25) is 0 Å². The highest BCUT2D eigenvalue weighted by molar-refractivity contribution is 4.85. The maximum absolute atomic E-state index is 9.52. The first-order valence-electron chi connectivity index (χ1n) is 5.29. The summed E-state index contributed by atoms with van der Waals surface area (Å²) in [6.07, 6.45) is -11.7. The number of hydrogen-bond acceptors (Lipinski definition) is 5. The SMILES string of the molecule is [2H]C([2H])(O)[C@@]1([2H])OC(OC)[C@]([2H])(O)[C@]1([2H])O. The predicted octanol–water partition coefficient (Wildman–Crippen LogP) is -1.93. The summed E-state index contributed by atoms with van der Waals surface area (Å²) < 4.78 is 44.5. The molecule has 1 unspecified atom stereocenters. The molecule has 0 aliphatic carbocycles. The zero-order valence-corrected chi connectivity index (χ0v) is 5.74. The lowest BCUT2D eigenvalue weighted by molar-refractivity contribution is -0.153. The second kappa shape index (κ2) is 3.46. The normalized spacial score (nSPS) is 72.7. The van der Waals surface area contributed by atoms with E-state index in [2.05, 4.69) is 9.47 Å². The number of hydrogen-bond donors (Lipinski definition) is 3. The first-order valence-corrected chi connectivity index (χ1v) is 2.79. The molecule has 0 amide bonds. The molecule has 0 aromatic heterocycles. The van der Waals surface area contributed by atoms with Crippen LogP contribution < -0.4 is 0 Å². The van der Waals surface area contributed by atoms with E-state index >= 15 is 0 Å². The molecule has 0 aromatic rings. The van der Waals surface area contributed by atoms with Gasteiger partial charge in [0.05, 0.1) is 13.4 Å². The van der Waals surface area contributed by atoms with Gasteiger partial charge in [0.1, 0.15) is 18.2 Å². The van der Waals surface area contributed by atoms with Crippen LogP contribution in [0, 0.1) is 0 Å². The van der Waals surface area contributed by atoms with Crippen LogP contribution in [0.1, 0.15) is 6.85 Å². The molecule has 0 aromatic carbocycles. The van der Waals surface area contributed by atoms with E-state index in [1.54, 1.807) is 0 Å². The van der Waals surface area contributed by atoms with Gasteiger partial charge in [-0.1, -0.05) is 0 Å². The van der Waals surface area contributed by atoms with Crippen LogP contribution in [0.25, 0.3) is 0 Å². The molecular weight excluding hydrogens is 152 g/mol. The number of aliphatic hydroxyl groups is 3. The molecule has 5 heteroatoms. The molecule has 11 heavy (non-hydrogen) atoms. The van der Waals surface area contributed by atoms with E-state index in [0.29, 0.717) is 0 Å². The summed E-state index contributed by atoms with van der Waals surface area (Å²) in [7, 11) is 0.971. The van der Waals surface area contributed by atoms with Gasteiger partial charge in [-0.3, -0.25) is 0 Å². The minimum absolute atomic E-state index is 0.971. The summed E-state index contributed by atoms with van der Waals surface area (Å²) in [6.45, 7) is -3.47. The molecular formula is C6H12O5. The highest BCUT2D eigenvalue weighted by Gasteiger charge is 2.42. The molecule has 1 aliphatic heterocycles. The van der Waals surface area contributed by atoms with E-state index in [9.17, 15) is 10.2 Å². The largest absolute Gasteiger partial charge is 0.394 e. The van der Waals surface area contributed by atoms with Crippen LogP contribution in [0.3, 0.4) is 0 Å². The molecule has 3 N–H and O–H groups in total. The standard InChI is InChI=1S/C6H12O5/c1-10-6-5(9)4(8)3(2-7)11-6/h3-9H,2H2,1H3/t3-,4-,5-,6?/m1/s1/i2D2,3D,4D,5D. The van der Waals surface area contributed by atoms with Gasteiger partial charge in [0.25, 0.3) is 0 Å². The summed E-state index contributed by atoms with van der Waals surface area (Å²) in [4.78, 5) is 0. The average molecular weight is 169 g/mol. The zero-order chi connectivity index (χ0) is 13.0. The van der Waals surface area contributed by atoms with Crippen molar-refractivity contribution in [3.8, 4) is 0 Å². The maximum Gasteiger partial charge on any atom is 0.186 e. The van der Waals surface area contributed by atoms with Crippen LogP contribution in [0.4, 0.5) is 0 Å². The second-order valence-corrected chi connectivity index (χ2v) is 1.86. The van der Waals surface area contributed by atoms with Crippen LogP contribution in [-0.2, 0) is 9.47 Å². The van der Waals surface area contributed by atoms with Gasteiger partial charge >= 0.3 is 0 Å². The van der Waals surface area contributed by atoms with Crippen LogP contribution in [0.15, 0.2) is 0 Å². The summed E-state index contributed by atoms with van der Waals surface area (Å²) in [5.41, 5.74) is 0. The highest BCUT2D eigenvalue weighted by atomic mass is 16.7. The van der Waals surface area contributed by atoms with E-state index in [4.69, 9.17) is 12.0 Å². The molecule has 0 bridgehead atoms. The van der Waals surface area contributed by atoms with Crippen molar-refractivity contribution in [3.05, 3.63) is 0 Å². The Bertz CT molecular complexity index is 290. The monoisotopic (exact) mass is 169 g/mol. The van der Waals surface area contributed by atoms with Gasteiger partial charge in [-0.15, -0.1) is 0 Å². The van der Waals surface area contributed by atoms with Crippen molar-refractivity contribution in [3.63, 3.8) is 0 Å². The van der Waals surface area contributed by atoms with E-state index in [0.717, 1.165) is 7.11 Å². The Hall–Kier alpha value is -0.200. The lowest BCUT2D eigenvalue weighted by Gasteiger charge is -2.11. The fourth-order valence-electron chi connectivity index (χ4n) is 0.686. The van der Waals surface area contributed by atoms with Crippen molar-refractivity contribution in [1.29, 1.82) is 0 Å². The fourth-order valence-corrected chi connectivity index (χ4v) is 0.686. The Kier molecular flexibility index (Phi) is 1.31. The molecule has 1 aliphatic rings. The van der Waals surface area contributed by atoms with Gasteiger partial charge in [-0.2, -0.15) is 0 Å². The van der Waals surface area contributed by atoms with Crippen molar-refractivity contribution in [1.82, 2.24) is 0 Å². The third-order valence-electron chi connectivity index (χ3n) is 1.22. The van der Waals surface area contributed by atoms with Gasteiger partial charge in [-0.05, 0) is 0 Å². The van der Waals surface area contributed by atoms with Crippen molar-refractivity contribution < 1.29 is 31.6 Å². The molecule has 5 nitrogen and oxygen atoms in total. The average Bonchev–Trinajstić information content (AvgIpc) is 2.23. The Balaban J connectivity index is 3.28. The molecule has 1 rings (SSSR count). The van der Waals surface area contributed by atoms with Crippen molar-refractivity contribution in [2.75, 3.05) is 13.7 Å². The van der Waals surface area contributed by atoms with Crippen LogP contribution in [0.5, 0.6) is 0 Å². The van der Waals surface area contributed by atoms with Crippen LogP contribution >= 0.6 is 0 Å². The first-order chi connectivity index (χ1) is 6.92. The Labute approximate surface area is 71.2 Å². The van der Waals surface area contributed by atoms with E-state index < -0.39 is 31.1 Å². The number of rotatable bonds is 2. The molecule has 0 saturated carbocycles. The van der Waals surface area contributed by atoms with E-state index in [1.165, 1.54) is 0 Å². The molecule has 66 valence electrons. The smallest absolute Gasteiger partial charge is 0.186 e. The third-order valence-corrected chi connectivity index (χ3v) is 1.22. The zero-order valence-electron chi connectivity index (χ0n) is 10.7. The van der Waals surface area contributed by atoms with Gasteiger partial charge in [-0.25, -0.2) is 0 Å².